The van der Waals surface area contributed by atoms with Crippen molar-refractivity contribution in [1.29, 1.82) is 0 Å². The standard InChI is InChI=1S/C17H37N5O/c1-16(2)21-12-14-22(15-13-21)17(23)6-9-19-8-5-11-20(3)10-4-7-18/h16,19H,4-15,18H2,1-3H3. The molecule has 0 aliphatic carbocycles. The number of carbonyl (C=O) groups excluding carboxylic acids is 1. The Bertz CT molecular complexity index is 316. The van der Waals surface area contributed by atoms with E-state index in [-0.39, 0.29) is 0 Å². The Morgan fingerprint density at radius 1 is 1.13 bits per heavy atom. The van der Waals surface area contributed by atoms with Crippen molar-refractivity contribution >= 4 is 5.91 Å². The molecule has 0 radical (unpaired) electrons. The zero-order valence-corrected chi connectivity index (χ0v) is 15.4. The third-order valence-electron chi connectivity index (χ3n) is 4.55. The molecule has 6 heteroatoms. The minimum absolute atomic E-state index is 0.293. The molecule has 6 nitrogen and oxygen atoms in total. The Balaban J connectivity index is 2.00. The van der Waals surface area contributed by atoms with Crippen LogP contribution in [0.2, 0.25) is 0 Å². The lowest BCUT2D eigenvalue weighted by Crippen LogP contribution is -2.51. The lowest BCUT2D eigenvalue weighted by molar-refractivity contribution is -0.133. The van der Waals surface area contributed by atoms with Gasteiger partial charge in [0.15, 0.2) is 0 Å². The number of nitrogens with zero attached hydrogens (tertiary/aromatic N) is 3. The van der Waals surface area contributed by atoms with Crippen LogP contribution < -0.4 is 11.1 Å². The van der Waals surface area contributed by atoms with Crippen LogP contribution in [0.4, 0.5) is 0 Å². The third kappa shape index (κ3) is 8.65. The van der Waals surface area contributed by atoms with Gasteiger partial charge in [0, 0.05) is 45.2 Å². The molecule has 0 spiro atoms. The smallest absolute Gasteiger partial charge is 0.223 e. The average molecular weight is 328 g/mol. The third-order valence-corrected chi connectivity index (χ3v) is 4.55. The minimum atomic E-state index is 0.293. The number of nitrogens with one attached hydrogen (secondary N) is 1. The zero-order valence-electron chi connectivity index (χ0n) is 15.4. The maximum Gasteiger partial charge on any atom is 0.223 e. The normalized spacial score (nSPS) is 16.5. The first-order valence-electron chi connectivity index (χ1n) is 9.15. The van der Waals surface area contributed by atoms with E-state index >= 15 is 0 Å². The van der Waals surface area contributed by atoms with Crippen LogP contribution >= 0.6 is 0 Å². The first-order chi connectivity index (χ1) is 11.0. The lowest BCUT2D eigenvalue weighted by atomic mass is 10.2. The summed E-state index contributed by atoms with van der Waals surface area (Å²) in [5.41, 5.74) is 5.51. The molecule has 0 aromatic rings. The zero-order chi connectivity index (χ0) is 17.1. The number of amides is 1. The van der Waals surface area contributed by atoms with Gasteiger partial charge in [0.05, 0.1) is 0 Å². The molecule has 1 amide bonds. The molecule has 1 aliphatic rings. The molecule has 1 aliphatic heterocycles. The van der Waals surface area contributed by atoms with Crippen LogP contribution in [0.25, 0.3) is 0 Å². The summed E-state index contributed by atoms with van der Waals surface area (Å²) in [6.45, 7) is 12.9. The second-order valence-corrected chi connectivity index (χ2v) is 6.81. The van der Waals surface area contributed by atoms with Crippen LogP contribution in [-0.2, 0) is 4.79 Å². The number of hydrogen-bond donors (Lipinski definition) is 2. The monoisotopic (exact) mass is 327 g/mol. The highest BCUT2D eigenvalue weighted by Gasteiger charge is 2.21. The van der Waals surface area contributed by atoms with E-state index in [1.807, 2.05) is 4.90 Å². The highest BCUT2D eigenvalue weighted by atomic mass is 16.2. The van der Waals surface area contributed by atoms with Gasteiger partial charge in [-0.25, -0.2) is 0 Å². The maximum absolute atomic E-state index is 12.2. The van der Waals surface area contributed by atoms with Crippen molar-refractivity contribution in [2.24, 2.45) is 5.73 Å². The number of rotatable bonds is 11. The van der Waals surface area contributed by atoms with Gasteiger partial charge in [-0.15, -0.1) is 0 Å². The van der Waals surface area contributed by atoms with Crippen LogP contribution in [0.3, 0.4) is 0 Å². The Kier molecular flexibility index (Phi) is 10.4. The van der Waals surface area contributed by atoms with Gasteiger partial charge in [0.25, 0.3) is 0 Å². The van der Waals surface area contributed by atoms with Crippen molar-refractivity contribution in [3.05, 3.63) is 0 Å². The van der Waals surface area contributed by atoms with Crippen LogP contribution in [0.5, 0.6) is 0 Å². The predicted molar refractivity (Wildman–Crippen MR) is 96.6 cm³/mol. The van der Waals surface area contributed by atoms with E-state index in [0.717, 1.165) is 71.7 Å². The van der Waals surface area contributed by atoms with Gasteiger partial charge in [-0.05, 0) is 59.9 Å². The number of hydrogen-bond acceptors (Lipinski definition) is 5. The Morgan fingerprint density at radius 3 is 2.39 bits per heavy atom. The molecule has 0 bridgehead atoms. The number of nitrogens with two attached hydrogens (primary N) is 1. The summed E-state index contributed by atoms with van der Waals surface area (Å²) in [7, 11) is 2.13. The van der Waals surface area contributed by atoms with Crippen molar-refractivity contribution in [3.63, 3.8) is 0 Å². The van der Waals surface area contributed by atoms with Gasteiger partial charge in [0.1, 0.15) is 0 Å². The van der Waals surface area contributed by atoms with Crippen LogP contribution in [0.1, 0.15) is 33.1 Å². The molecule has 23 heavy (non-hydrogen) atoms. The largest absolute Gasteiger partial charge is 0.340 e. The second-order valence-electron chi connectivity index (χ2n) is 6.81. The molecule has 3 N–H and O–H groups in total. The van der Waals surface area contributed by atoms with Crippen molar-refractivity contribution in [2.75, 3.05) is 66.0 Å². The molecular formula is C17H37N5O. The van der Waals surface area contributed by atoms with E-state index < -0.39 is 0 Å². The topological polar surface area (TPSA) is 64.8 Å². The quantitative estimate of drug-likeness (QED) is 0.530. The summed E-state index contributed by atoms with van der Waals surface area (Å²) < 4.78 is 0. The molecule has 1 saturated heterocycles. The minimum Gasteiger partial charge on any atom is -0.340 e. The van der Waals surface area contributed by atoms with Gasteiger partial charge in [-0.2, -0.15) is 0 Å². The fourth-order valence-corrected chi connectivity index (χ4v) is 2.91. The first kappa shape index (κ1) is 20.4. The fourth-order valence-electron chi connectivity index (χ4n) is 2.91. The molecule has 0 aromatic carbocycles. The summed E-state index contributed by atoms with van der Waals surface area (Å²) in [5.74, 6) is 0.293. The molecule has 1 heterocycles. The highest BCUT2D eigenvalue weighted by molar-refractivity contribution is 5.76. The van der Waals surface area contributed by atoms with Crippen molar-refractivity contribution in [1.82, 2.24) is 20.0 Å². The summed E-state index contributed by atoms with van der Waals surface area (Å²) >= 11 is 0. The SMILES string of the molecule is CC(C)N1CCN(C(=O)CCNCCCN(C)CCCN)CC1. The molecule has 1 fully saturated rings. The molecule has 0 unspecified atom stereocenters. The number of piperazine rings is 1. The molecular weight excluding hydrogens is 290 g/mol. The van der Waals surface area contributed by atoms with E-state index in [2.05, 4.69) is 36.0 Å². The molecule has 136 valence electrons. The molecule has 0 saturated carbocycles. The average Bonchev–Trinajstić information content (AvgIpc) is 2.55. The van der Waals surface area contributed by atoms with Gasteiger partial charge in [0.2, 0.25) is 5.91 Å². The van der Waals surface area contributed by atoms with Crippen LogP contribution in [-0.4, -0.2) is 92.6 Å². The second kappa shape index (κ2) is 11.8. The van der Waals surface area contributed by atoms with E-state index in [1.54, 1.807) is 0 Å². The molecule has 0 atom stereocenters. The van der Waals surface area contributed by atoms with Crippen molar-refractivity contribution in [3.8, 4) is 0 Å². The first-order valence-corrected chi connectivity index (χ1v) is 9.15. The van der Waals surface area contributed by atoms with Gasteiger partial charge < -0.3 is 20.9 Å². The highest BCUT2D eigenvalue weighted by Crippen LogP contribution is 2.06. The molecule has 1 rings (SSSR count). The summed E-state index contributed by atoms with van der Waals surface area (Å²) in [5, 5.41) is 3.38. The Hall–Kier alpha value is -0.690. The van der Waals surface area contributed by atoms with Crippen LogP contribution in [0.15, 0.2) is 0 Å². The van der Waals surface area contributed by atoms with Gasteiger partial charge >= 0.3 is 0 Å². The van der Waals surface area contributed by atoms with Gasteiger partial charge in [-0.1, -0.05) is 0 Å². The number of carbonyl (C=O) groups is 1. The Labute approximate surface area is 142 Å². The fraction of sp³-hybridized carbons (Fsp3) is 0.941. The van der Waals surface area contributed by atoms with E-state index in [9.17, 15) is 4.79 Å². The summed E-state index contributed by atoms with van der Waals surface area (Å²) in [4.78, 5) is 18.9. The van der Waals surface area contributed by atoms with E-state index in [1.165, 1.54) is 0 Å². The summed E-state index contributed by atoms with van der Waals surface area (Å²) in [6, 6.07) is 0.580. The lowest BCUT2D eigenvalue weighted by Gasteiger charge is -2.37. The van der Waals surface area contributed by atoms with Crippen molar-refractivity contribution in [2.45, 2.75) is 39.2 Å². The van der Waals surface area contributed by atoms with E-state index in [0.29, 0.717) is 18.4 Å². The van der Waals surface area contributed by atoms with Crippen molar-refractivity contribution < 1.29 is 4.79 Å². The maximum atomic E-state index is 12.2. The van der Waals surface area contributed by atoms with Gasteiger partial charge in [-0.3, -0.25) is 9.69 Å². The predicted octanol–water partition coefficient (Wildman–Crippen LogP) is 0.189. The Morgan fingerprint density at radius 2 is 1.78 bits per heavy atom. The van der Waals surface area contributed by atoms with E-state index in [4.69, 9.17) is 5.73 Å². The summed E-state index contributed by atoms with van der Waals surface area (Å²) in [6.07, 6.45) is 2.79. The van der Waals surface area contributed by atoms with Crippen LogP contribution in [0, 0.1) is 0 Å². The molecule has 0 aromatic heterocycles.